The average Bonchev–Trinajstić information content (AvgIpc) is 2.25. The number of nitrogens with zero attached hydrogens (tertiary/aromatic N) is 1. The molecular weight excluding hydrogens is 222 g/mol. The van der Waals surface area contributed by atoms with Crippen molar-refractivity contribution in [3.05, 3.63) is 42.0 Å². The van der Waals surface area contributed by atoms with Crippen molar-refractivity contribution in [2.45, 2.75) is 12.8 Å². The molecule has 1 aromatic carbocycles. The second kappa shape index (κ2) is 6.74. The van der Waals surface area contributed by atoms with Crippen LogP contribution in [0.5, 0.6) is 0 Å². The van der Waals surface area contributed by atoms with E-state index in [-0.39, 0.29) is 0 Å². The van der Waals surface area contributed by atoms with Gasteiger partial charge in [0.15, 0.2) is 0 Å². The van der Waals surface area contributed by atoms with Crippen LogP contribution in [0.4, 0.5) is 0 Å². The Morgan fingerprint density at radius 2 is 1.93 bits per heavy atom. The molecule has 0 saturated carbocycles. The summed E-state index contributed by atoms with van der Waals surface area (Å²) < 4.78 is 1.30. The zero-order valence-electron chi connectivity index (χ0n) is 9.31. The van der Waals surface area contributed by atoms with Gasteiger partial charge in [-0.25, -0.2) is 0 Å². The Balaban J connectivity index is 2.32. The molecule has 0 heterocycles. The molecule has 1 rings (SSSR count). The van der Waals surface area contributed by atoms with Crippen molar-refractivity contribution in [3.63, 3.8) is 0 Å². The molecule has 0 N–H and O–H groups in total. The van der Waals surface area contributed by atoms with Crippen molar-refractivity contribution >= 4 is 10.6 Å². The van der Waals surface area contributed by atoms with E-state index in [2.05, 4.69) is 71.3 Å². The van der Waals surface area contributed by atoms with Crippen LogP contribution < -0.4 is 0 Å². The van der Waals surface area contributed by atoms with Gasteiger partial charge in [-0.1, -0.05) is 0 Å². The van der Waals surface area contributed by atoms with Gasteiger partial charge in [-0.2, -0.15) is 0 Å². The van der Waals surface area contributed by atoms with Crippen molar-refractivity contribution in [2.24, 2.45) is 0 Å². The summed E-state index contributed by atoms with van der Waals surface area (Å²) in [5.41, 5.74) is 1.27. The molecule has 2 heteroatoms. The third kappa shape index (κ3) is 5.09. The van der Waals surface area contributed by atoms with Crippen molar-refractivity contribution < 1.29 is 15.9 Å². The van der Waals surface area contributed by atoms with E-state index < -0.39 is 0 Å². The third-order valence-electron chi connectivity index (χ3n) is 2.13. The predicted octanol–water partition coefficient (Wildman–Crippen LogP) is 2.72. The summed E-state index contributed by atoms with van der Waals surface area (Å²) in [6.07, 6.45) is 6.55. The third-order valence-corrected chi connectivity index (χ3v) is 3.02. The van der Waals surface area contributed by atoms with Crippen LogP contribution >= 0.6 is 0 Å². The molecule has 1 nitrogen and oxygen atoms in total. The Labute approximate surface area is 100 Å². The fourth-order valence-corrected chi connectivity index (χ4v) is 1.40. The monoisotopic (exact) mass is 239 g/mol. The van der Waals surface area contributed by atoms with Crippen molar-refractivity contribution in [3.8, 4) is 0 Å². The van der Waals surface area contributed by atoms with E-state index in [0.717, 1.165) is 12.8 Å². The van der Waals surface area contributed by atoms with Gasteiger partial charge in [0.1, 0.15) is 0 Å². The Kier molecular flexibility index (Phi) is 5.57. The molecule has 0 unspecified atom stereocenters. The van der Waals surface area contributed by atoms with Crippen LogP contribution in [0.1, 0.15) is 18.4 Å². The normalized spacial score (nSPS) is 11.1. The van der Waals surface area contributed by atoms with Crippen molar-refractivity contribution in [2.75, 3.05) is 14.1 Å². The second-order valence-electron chi connectivity index (χ2n) is 3.64. The van der Waals surface area contributed by atoms with Crippen LogP contribution in [-0.4, -0.2) is 23.5 Å². The molecule has 0 aliphatic carbocycles. The van der Waals surface area contributed by atoms with E-state index in [9.17, 15) is 0 Å². The van der Waals surface area contributed by atoms with Gasteiger partial charge in [0.25, 0.3) is 0 Å². The summed E-state index contributed by atoms with van der Waals surface area (Å²) in [6.45, 7) is 0. The summed E-state index contributed by atoms with van der Waals surface area (Å²) in [5, 5.41) is 0. The molecule has 0 radical (unpaired) electrons. The molecule has 0 bridgehead atoms. The molecule has 0 aliphatic rings. The van der Waals surface area contributed by atoms with Crippen molar-refractivity contribution in [1.29, 1.82) is 0 Å². The van der Waals surface area contributed by atoms with Gasteiger partial charge in [0.2, 0.25) is 0 Å². The summed E-state index contributed by atoms with van der Waals surface area (Å²) in [6, 6.07) is 10.4. The first-order valence-electron chi connectivity index (χ1n) is 5.12. The van der Waals surface area contributed by atoms with Crippen LogP contribution in [0.3, 0.4) is 0 Å². The van der Waals surface area contributed by atoms with E-state index in [1.54, 1.807) is 0 Å². The van der Waals surface area contributed by atoms with Crippen LogP contribution in [0.15, 0.2) is 36.4 Å². The Morgan fingerprint density at radius 1 is 1.27 bits per heavy atom. The van der Waals surface area contributed by atoms with Gasteiger partial charge in [-0.3, -0.25) is 0 Å². The van der Waals surface area contributed by atoms with Crippen LogP contribution in [0.25, 0.3) is 6.08 Å². The first-order valence-corrected chi connectivity index (χ1v) is 5.75. The first-order chi connectivity index (χ1) is 7.20. The summed E-state index contributed by atoms with van der Waals surface area (Å²) in [5.74, 6) is 0. The van der Waals surface area contributed by atoms with Crippen LogP contribution in [0.2, 0.25) is 0 Å². The van der Waals surface area contributed by atoms with Crippen LogP contribution in [-0.2, 0) is 15.9 Å². The van der Waals surface area contributed by atoms with Gasteiger partial charge < -0.3 is 0 Å². The van der Waals surface area contributed by atoms with E-state index in [1.165, 1.54) is 10.1 Å². The van der Waals surface area contributed by atoms with E-state index in [4.69, 9.17) is 0 Å². The second-order valence-corrected chi connectivity index (χ2v) is 4.38. The Bertz CT molecular complexity index is 328. The molecule has 0 amide bonds. The van der Waals surface area contributed by atoms with E-state index in [0.29, 0.717) is 0 Å². The Morgan fingerprint density at radius 3 is 2.53 bits per heavy atom. The van der Waals surface area contributed by atoms with Gasteiger partial charge in [-0.15, -0.1) is 0 Å². The minimum absolute atomic E-state index is 1.08. The number of benzene rings is 1. The van der Waals surface area contributed by atoms with Crippen molar-refractivity contribution in [1.82, 2.24) is 4.90 Å². The minimum atomic E-state index is 1.08. The van der Waals surface area contributed by atoms with Gasteiger partial charge >= 0.3 is 100 Å². The zero-order valence-corrected chi connectivity index (χ0v) is 10.6. The number of allylic oxidation sites excluding steroid dienone is 1. The molecular formula is C13H17CrN. The number of rotatable bonds is 5. The maximum atomic E-state index is 3.08. The Hall–Kier alpha value is -0.678. The topological polar surface area (TPSA) is 3.24 Å². The van der Waals surface area contributed by atoms with Crippen LogP contribution in [0, 0.1) is 0 Å². The zero-order chi connectivity index (χ0) is 11.1. The standard InChI is InChI=1S/C13H17N.Cr/c1-14(2)12-8-4-7-11-13-9-5-3-6-10-13;/h3,5-7,9-11H,4,8H2,1-2H3;/b11-7+;. The first kappa shape index (κ1) is 12.4. The fourth-order valence-electron chi connectivity index (χ4n) is 1.21. The molecule has 0 fully saturated rings. The van der Waals surface area contributed by atoms with E-state index in [1.807, 2.05) is 6.07 Å². The summed E-state index contributed by atoms with van der Waals surface area (Å²) in [4.78, 5) is 2.12. The maximum absolute atomic E-state index is 3.08. The van der Waals surface area contributed by atoms with E-state index >= 15 is 0 Å². The molecule has 0 aromatic heterocycles. The molecule has 0 aliphatic heterocycles. The molecule has 0 saturated heterocycles. The summed E-state index contributed by atoms with van der Waals surface area (Å²) >= 11 is 3.08. The fraction of sp³-hybridized carbons (Fsp3) is 0.308. The molecule has 1 aromatic rings. The molecule has 15 heavy (non-hydrogen) atoms. The molecule has 0 spiro atoms. The summed E-state index contributed by atoms with van der Waals surface area (Å²) in [7, 11) is 4.12. The van der Waals surface area contributed by atoms with Gasteiger partial charge in [-0.05, 0) is 0 Å². The van der Waals surface area contributed by atoms with Gasteiger partial charge in [0, 0.05) is 0 Å². The predicted molar refractivity (Wildman–Crippen MR) is 63.4 cm³/mol. The number of hydrogen-bond acceptors (Lipinski definition) is 1. The van der Waals surface area contributed by atoms with Gasteiger partial charge in [0.05, 0.1) is 0 Å². The quantitative estimate of drug-likeness (QED) is 0.763. The molecule has 0 atom stereocenters. The number of hydrogen-bond donors (Lipinski definition) is 0. The molecule has 80 valence electrons. The SMILES string of the molecule is CN(C)[C](=[Cr])CC/C=C/c1ccccc1. The average molecular weight is 239 g/mol.